The summed E-state index contributed by atoms with van der Waals surface area (Å²) in [7, 11) is 3.12. The molecule has 2 rings (SSSR count). The molecular weight excluding hydrogens is 244 g/mol. The van der Waals surface area contributed by atoms with Crippen molar-refractivity contribution >= 4 is 5.95 Å². The third kappa shape index (κ3) is 3.80. The zero-order valence-electron chi connectivity index (χ0n) is 11.0. The molecule has 0 saturated heterocycles. The largest absolute Gasteiger partial charge is 0.481 e. The van der Waals surface area contributed by atoms with Crippen molar-refractivity contribution in [2.75, 3.05) is 26.1 Å². The van der Waals surface area contributed by atoms with Crippen molar-refractivity contribution in [3.8, 4) is 11.8 Å². The Bertz CT molecular complexity index is 497. The van der Waals surface area contributed by atoms with E-state index in [1.165, 1.54) is 5.56 Å². The van der Waals surface area contributed by atoms with E-state index in [0.29, 0.717) is 17.7 Å². The molecule has 0 fully saturated rings. The van der Waals surface area contributed by atoms with Gasteiger partial charge in [-0.2, -0.15) is 9.97 Å². The molecule has 2 heterocycles. The van der Waals surface area contributed by atoms with Gasteiger partial charge in [-0.3, -0.25) is 4.98 Å². The zero-order chi connectivity index (χ0) is 13.5. The van der Waals surface area contributed by atoms with E-state index in [9.17, 15) is 0 Å². The Morgan fingerprint density at radius 2 is 1.68 bits per heavy atom. The highest BCUT2D eigenvalue weighted by atomic mass is 16.5. The highest BCUT2D eigenvalue weighted by molar-refractivity contribution is 5.33. The quantitative estimate of drug-likeness (QED) is 0.849. The number of anilines is 1. The monoisotopic (exact) mass is 260 g/mol. The summed E-state index contributed by atoms with van der Waals surface area (Å²) in [4.78, 5) is 12.4. The first-order chi connectivity index (χ1) is 9.31. The van der Waals surface area contributed by atoms with Crippen molar-refractivity contribution in [3.05, 3.63) is 36.2 Å². The van der Waals surface area contributed by atoms with Crippen molar-refractivity contribution in [2.24, 2.45) is 0 Å². The number of nitrogens with one attached hydrogen (secondary N) is 1. The number of methoxy groups -OCH3 is 2. The van der Waals surface area contributed by atoms with Gasteiger partial charge in [0.2, 0.25) is 17.7 Å². The van der Waals surface area contributed by atoms with Crippen LogP contribution in [0.15, 0.2) is 30.6 Å². The Labute approximate surface area is 111 Å². The van der Waals surface area contributed by atoms with Gasteiger partial charge >= 0.3 is 0 Å². The van der Waals surface area contributed by atoms with Crippen molar-refractivity contribution in [3.63, 3.8) is 0 Å². The number of ether oxygens (including phenoxy) is 2. The molecule has 0 unspecified atom stereocenters. The van der Waals surface area contributed by atoms with Gasteiger partial charge in [0.25, 0.3) is 0 Å². The highest BCUT2D eigenvalue weighted by Crippen LogP contribution is 2.17. The van der Waals surface area contributed by atoms with E-state index in [1.54, 1.807) is 32.7 Å². The molecule has 0 saturated carbocycles. The van der Waals surface area contributed by atoms with E-state index in [2.05, 4.69) is 20.3 Å². The second kappa shape index (κ2) is 6.53. The zero-order valence-corrected chi connectivity index (χ0v) is 11.0. The second-order valence-corrected chi connectivity index (χ2v) is 3.81. The van der Waals surface area contributed by atoms with Crippen LogP contribution in [0.25, 0.3) is 0 Å². The van der Waals surface area contributed by atoms with E-state index < -0.39 is 0 Å². The molecule has 0 radical (unpaired) electrons. The maximum Gasteiger partial charge on any atom is 0.229 e. The van der Waals surface area contributed by atoms with Crippen LogP contribution < -0.4 is 14.8 Å². The fourth-order valence-corrected chi connectivity index (χ4v) is 1.56. The van der Waals surface area contributed by atoms with Gasteiger partial charge in [-0.1, -0.05) is 0 Å². The molecule has 2 aromatic rings. The van der Waals surface area contributed by atoms with Crippen molar-refractivity contribution in [1.29, 1.82) is 0 Å². The molecular formula is C13H16N4O2. The first kappa shape index (κ1) is 13.1. The maximum atomic E-state index is 5.08. The standard InChI is InChI=1S/C13H16N4O2/c1-18-11-9-12(19-2)17-13(16-11)15-8-5-10-3-6-14-7-4-10/h3-4,6-7,9H,5,8H2,1-2H3,(H,15,16,17). The van der Waals surface area contributed by atoms with Gasteiger partial charge in [-0.25, -0.2) is 0 Å². The van der Waals surface area contributed by atoms with E-state index >= 15 is 0 Å². The molecule has 0 aliphatic carbocycles. The lowest BCUT2D eigenvalue weighted by Crippen LogP contribution is -2.09. The van der Waals surface area contributed by atoms with Crippen LogP contribution in [-0.4, -0.2) is 35.7 Å². The van der Waals surface area contributed by atoms with Crippen LogP contribution in [0.5, 0.6) is 11.8 Å². The second-order valence-electron chi connectivity index (χ2n) is 3.81. The predicted molar refractivity (Wildman–Crippen MR) is 71.6 cm³/mol. The molecule has 0 aliphatic heterocycles. The van der Waals surface area contributed by atoms with Gasteiger partial charge < -0.3 is 14.8 Å². The summed E-state index contributed by atoms with van der Waals surface area (Å²) >= 11 is 0. The third-order valence-electron chi connectivity index (χ3n) is 2.54. The van der Waals surface area contributed by atoms with Gasteiger partial charge in [0, 0.05) is 18.9 Å². The minimum absolute atomic E-state index is 0.471. The predicted octanol–water partition coefficient (Wildman–Crippen LogP) is 1.54. The Hall–Kier alpha value is -2.37. The molecule has 0 aliphatic rings. The summed E-state index contributed by atoms with van der Waals surface area (Å²) in [6, 6.07) is 5.59. The van der Waals surface area contributed by atoms with Gasteiger partial charge in [0.15, 0.2) is 0 Å². The van der Waals surface area contributed by atoms with Gasteiger partial charge in [-0.15, -0.1) is 0 Å². The average molecular weight is 260 g/mol. The first-order valence-corrected chi connectivity index (χ1v) is 5.91. The molecule has 0 amide bonds. The number of rotatable bonds is 6. The smallest absolute Gasteiger partial charge is 0.229 e. The van der Waals surface area contributed by atoms with E-state index in [4.69, 9.17) is 9.47 Å². The first-order valence-electron chi connectivity index (χ1n) is 5.91. The number of hydrogen-bond acceptors (Lipinski definition) is 6. The molecule has 19 heavy (non-hydrogen) atoms. The average Bonchev–Trinajstić information content (AvgIpc) is 2.48. The normalized spacial score (nSPS) is 10.0. The van der Waals surface area contributed by atoms with Crippen LogP contribution in [0.3, 0.4) is 0 Å². The van der Waals surface area contributed by atoms with Crippen LogP contribution in [0, 0.1) is 0 Å². The Morgan fingerprint density at radius 1 is 1.05 bits per heavy atom. The number of nitrogens with zero attached hydrogens (tertiary/aromatic N) is 3. The summed E-state index contributed by atoms with van der Waals surface area (Å²) in [6.07, 6.45) is 4.42. The molecule has 1 N–H and O–H groups in total. The molecule has 0 spiro atoms. The van der Waals surface area contributed by atoms with Crippen molar-refractivity contribution in [2.45, 2.75) is 6.42 Å². The highest BCUT2D eigenvalue weighted by Gasteiger charge is 2.04. The Balaban J connectivity index is 1.95. The Kier molecular flexibility index (Phi) is 4.49. The fraction of sp³-hybridized carbons (Fsp3) is 0.308. The SMILES string of the molecule is COc1cc(OC)nc(NCCc2ccncc2)n1. The van der Waals surface area contributed by atoms with E-state index in [-0.39, 0.29) is 0 Å². The van der Waals surface area contributed by atoms with Gasteiger partial charge in [0.05, 0.1) is 20.3 Å². The topological polar surface area (TPSA) is 69.2 Å². The van der Waals surface area contributed by atoms with Crippen LogP contribution in [0.2, 0.25) is 0 Å². The number of pyridine rings is 1. The van der Waals surface area contributed by atoms with Crippen molar-refractivity contribution < 1.29 is 9.47 Å². The number of aromatic nitrogens is 3. The van der Waals surface area contributed by atoms with Crippen LogP contribution in [0.4, 0.5) is 5.95 Å². The lowest BCUT2D eigenvalue weighted by Gasteiger charge is -2.08. The minimum Gasteiger partial charge on any atom is -0.481 e. The molecule has 0 bridgehead atoms. The molecule has 0 atom stereocenters. The lowest BCUT2D eigenvalue weighted by atomic mass is 10.2. The van der Waals surface area contributed by atoms with Crippen molar-refractivity contribution in [1.82, 2.24) is 15.0 Å². The summed E-state index contributed by atoms with van der Waals surface area (Å²) in [5, 5.41) is 3.14. The maximum absolute atomic E-state index is 5.08. The molecule has 0 aromatic carbocycles. The summed E-state index contributed by atoms with van der Waals surface area (Å²) in [6.45, 7) is 0.723. The van der Waals surface area contributed by atoms with Gasteiger partial charge in [-0.05, 0) is 24.1 Å². The summed E-state index contributed by atoms with van der Waals surface area (Å²) in [5.74, 6) is 1.43. The molecule has 6 nitrogen and oxygen atoms in total. The van der Waals surface area contributed by atoms with Crippen LogP contribution in [-0.2, 0) is 6.42 Å². The Morgan fingerprint density at radius 3 is 2.26 bits per heavy atom. The van der Waals surface area contributed by atoms with E-state index in [0.717, 1.165) is 13.0 Å². The number of hydrogen-bond donors (Lipinski definition) is 1. The van der Waals surface area contributed by atoms with Crippen LogP contribution >= 0.6 is 0 Å². The lowest BCUT2D eigenvalue weighted by molar-refractivity contribution is 0.373. The third-order valence-corrected chi connectivity index (χ3v) is 2.54. The van der Waals surface area contributed by atoms with E-state index in [1.807, 2.05) is 12.1 Å². The minimum atomic E-state index is 0.471. The molecule has 100 valence electrons. The fourth-order valence-electron chi connectivity index (χ4n) is 1.56. The van der Waals surface area contributed by atoms with Gasteiger partial charge in [0.1, 0.15) is 0 Å². The molecule has 2 aromatic heterocycles. The summed E-state index contributed by atoms with van der Waals surface area (Å²) in [5.41, 5.74) is 1.21. The molecule has 6 heteroatoms. The van der Waals surface area contributed by atoms with Crippen LogP contribution in [0.1, 0.15) is 5.56 Å². The summed E-state index contributed by atoms with van der Waals surface area (Å²) < 4.78 is 10.2.